The summed E-state index contributed by atoms with van der Waals surface area (Å²) in [6.45, 7) is 1.07. The third-order valence-corrected chi connectivity index (χ3v) is 5.78. The van der Waals surface area contributed by atoms with Gasteiger partial charge in [-0.25, -0.2) is 8.42 Å². The number of anilines is 1. The van der Waals surface area contributed by atoms with Crippen LogP contribution in [0.3, 0.4) is 0 Å². The van der Waals surface area contributed by atoms with E-state index in [1.165, 1.54) is 36.4 Å². The first-order valence-electron chi connectivity index (χ1n) is 7.24. The number of carbonyl (C=O) groups is 2. The van der Waals surface area contributed by atoms with Gasteiger partial charge in [0.1, 0.15) is 10.7 Å². The Morgan fingerprint density at radius 1 is 1.07 bits per heavy atom. The van der Waals surface area contributed by atoms with Gasteiger partial charge in [-0.3, -0.25) is 14.3 Å². The largest absolute Gasteiger partial charge is 0.507 e. The van der Waals surface area contributed by atoms with E-state index < -0.39 is 27.3 Å². The second-order valence-corrected chi connectivity index (χ2v) is 8.20. The quantitative estimate of drug-likeness (QED) is 0.385. The Kier molecular flexibility index (Phi) is 6.54. The molecule has 2 N–H and O–H groups in total. The number of aliphatic hydroxyl groups is 1. The molecule has 0 spiro atoms. The van der Waals surface area contributed by atoms with Gasteiger partial charge < -0.3 is 5.11 Å². The SMILES string of the molecule is CC(=O)C(=O)C=C(O)c1cccc(NS(=O)(=O)c2c(Cl)cc(Cl)cc2Cl)c1. The minimum atomic E-state index is -4.17. The van der Waals surface area contributed by atoms with Crippen LogP contribution in [0.25, 0.3) is 5.76 Å². The van der Waals surface area contributed by atoms with Crippen LogP contribution in [-0.2, 0) is 19.6 Å². The number of carbonyl (C=O) groups excluding carboxylic acids is 2. The van der Waals surface area contributed by atoms with Gasteiger partial charge in [-0.05, 0) is 24.3 Å². The molecule has 0 aliphatic carbocycles. The van der Waals surface area contributed by atoms with Crippen LogP contribution >= 0.6 is 34.8 Å². The minimum Gasteiger partial charge on any atom is -0.507 e. The summed E-state index contributed by atoms with van der Waals surface area (Å²) in [5, 5.41) is 9.81. The zero-order valence-corrected chi connectivity index (χ0v) is 16.7. The van der Waals surface area contributed by atoms with Crippen molar-refractivity contribution in [3.05, 3.63) is 63.1 Å². The Morgan fingerprint density at radius 2 is 1.67 bits per heavy atom. The Hall–Kier alpha value is -2.06. The van der Waals surface area contributed by atoms with E-state index in [9.17, 15) is 23.1 Å². The third-order valence-electron chi connectivity index (χ3n) is 3.26. The van der Waals surface area contributed by atoms with Crippen LogP contribution in [0.15, 0.2) is 47.4 Å². The predicted octanol–water partition coefficient (Wildman–Crippen LogP) is 4.50. The molecule has 0 unspecified atom stereocenters. The van der Waals surface area contributed by atoms with Crippen molar-refractivity contribution in [3.8, 4) is 0 Å². The van der Waals surface area contributed by atoms with Crippen LogP contribution in [0, 0.1) is 0 Å². The van der Waals surface area contributed by atoms with Crippen LogP contribution in [0.5, 0.6) is 0 Å². The molecule has 0 aliphatic heterocycles. The van der Waals surface area contributed by atoms with Gasteiger partial charge in [0.2, 0.25) is 5.78 Å². The Balaban J connectivity index is 2.39. The van der Waals surface area contributed by atoms with Gasteiger partial charge >= 0.3 is 0 Å². The van der Waals surface area contributed by atoms with Crippen LogP contribution in [-0.4, -0.2) is 25.1 Å². The van der Waals surface area contributed by atoms with E-state index in [4.69, 9.17) is 34.8 Å². The molecule has 2 rings (SSSR count). The molecular formula is C17H12Cl3NO5S. The first-order valence-corrected chi connectivity index (χ1v) is 9.86. The molecule has 2 aromatic rings. The smallest absolute Gasteiger partial charge is 0.264 e. The van der Waals surface area contributed by atoms with Crippen molar-refractivity contribution in [1.29, 1.82) is 0 Å². The number of Topliss-reactive ketones (excluding diaryl/α,β-unsaturated/α-hetero) is 1. The van der Waals surface area contributed by atoms with Gasteiger partial charge in [-0.15, -0.1) is 0 Å². The topological polar surface area (TPSA) is 101 Å². The molecule has 0 saturated heterocycles. The van der Waals surface area contributed by atoms with Crippen molar-refractivity contribution in [2.24, 2.45) is 0 Å². The molecular weight excluding hydrogens is 437 g/mol. The van der Waals surface area contributed by atoms with E-state index in [2.05, 4.69) is 4.72 Å². The maximum Gasteiger partial charge on any atom is 0.264 e. The van der Waals surface area contributed by atoms with Gasteiger partial charge in [0.05, 0.1) is 10.0 Å². The fraction of sp³-hybridized carbons (Fsp3) is 0.0588. The monoisotopic (exact) mass is 447 g/mol. The molecule has 0 fully saturated rings. The molecule has 0 atom stereocenters. The minimum absolute atomic E-state index is 0.0739. The summed E-state index contributed by atoms with van der Waals surface area (Å²) in [6, 6.07) is 8.04. The molecule has 0 bridgehead atoms. The number of nitrogens with one attached hydrogen (secondary N) is 1. The van der Waals surface area contributed by atoms with Gasteiger partial charge in [0.15, 0.2) is 5.78 Å². The molecule has 0 aromatic heterocycles. The number of halogens is 3. The van der Waals surface area contributed by atoms with E-state index in [1.54, 1.807) is 0 Å². The maximum atomic E-state index is 12.6. The molecule has 6 nitrogen and oxygen atoms in total. The van der Waals surface area contributed by atoms with Crippen molar-refractivity contribution in [2.45, 2.75) is 11.8 Å². The van der Waals surface area contributed by atoms with Crippen molar-refractivity contribution in [2.75, 3.05) is 4.72 Å². The van der Waals surface area contributed by atoms with E-state index in [1.807, 2.05) is 0 Å². The first kappa shape index (κ1) is 21.2. The van der Waals surface area contributed by atoms with Gasteiger partial charge in [-0.2, -0.15) is 0 Å². The number of allylic oxidation sites excluding steroid dienone is 1. The molecule has 27 heavy (non-hydrogen) atoms. The summed E-state index contributed by atoms with van der Waals surface area (Å²) in [5.74, 6) is -2.12. The van der Waals surface area contributed by atoms with Crippen LogP contribution in [0.2, 0.25) is 15.1 Å². The molecule has 0 radical (unpaired) electrons. The zero-order valence-electron chi connectivity index (χ0n) is 13.7. The van der Waals surface area contributed by atoms with E-state index >= 15 is 0 Å². The van der Waals surface area contributed by atoms with Crippen molar-refractivity contribution in [1.82, 2.24) is 0 Å². The molecule has 0 aliphatic rings. The highest BCUT2D eigenvalue weighted by molar-refractivity contribution is 7.93. The lowest BCUT2D eigenvalue weighted by Gasteiger charge is -2.12. The number of benzene rings is 2. The lowest BCUT2D eigenvalue weighted by molar-refractivity contribution is -0.132. The summed E-state index contributed by atoms with van der Waals surface area (Å²) >= 11 is 17.7. The molecule has 2 aromatic carbocycles. The predicted molar refractivity (Wildman–Crippen MR) is 105 cm³/mol. The fourth-order valence-electron chi connectivity index (χ4n) is 2.04. The summed E-state index contributed by atoms with van der Waals surface area (Å²) in [5.41, 5.74) is 0.197. The van der Waals surface area contributed by atoms with Crippen LogP contribution < -0.4 is 4.72 Å². The lowest BCUT2D eigenvalue weighted by atomic mass is 10.1. The number of aliphatic hydroxyl groups excluding tert-OH is 1. The van der Waals surface area contributed by atoms with Gasteiger partial charge in [0, 0.05) is 29.3 Å². The number of rotatable bonds is 6. The highest BCUT2D eigenvalue weighted by Crippen LogP contribution is 2.34. The fourth-order valence-corrected chi connectivity index (χ4v) is 4.64. The second kappa shape index (κ2) is 8.31. The van der Waals surface area contributed by atoms with E-state index in [0.717, 1.165) is 13.0 Å². The molecule has 0 saturated carbocycles. The summed E-state index contributed by atoms with van der Waals surface area (Å²) in [4.78, 5) is 22.0. The average molecular weight is 449 g/mol. The third kappa shape index (κ3) is 5.23. The Labute approximate surface area is 170 Å². The molecule has 0 heterocycles. The average Bonchev–Trinajstić information content (AvgIpc) is 2.52. The van der Waals surface area contributed by atoms with Crippen LogP contribution in [0.4, 0.5) is 5.69 Å². The number of ketones is 2. The number of sulfonamides is 1. The van der Waals surface area contributed by atoms with Gasteiger partial charge in [-0.1, -0.05) is 46.9 Å². The molecule has 10 heteroatoms. The molecule has 0 amide bonds. The highest BCUT2D eigenvalue weighted by atomic mass is 35.5. The maximum absolute atomic E-state index is 12.6. The summed E-state index contributed by atoms with van der Waals surface area (Å²) in [7, 11) is -4.17. The highest BCUT2D eigenvalue weighted by Gasteiger charge is 2.23. The summed E-state index contributed by atoms with van der Waals surface area (Å²) < 4.78 is 27.5. The standard InChI is InChI=1S/C17H12Cl3NO5S/c1-9(22)15(23)8-16(24)10-3-2-4-12(5-10)21-27(25,26)17-13(19)6-11(18)7-14(17)20/h2-8,21,24H,1H3. The van der Waals surface area contributed by atoms with Crippen molar-refractivity contribution >= 4 is 67.8 Å². The second-order valence-electron chi connectivity index (χ2n) is 5.33. The van der Waals surface area contributed by atoms with Gasteiger partial charge in [0.25, 0.3) is 10.0 Å². The lowest BCUT2D eigenvalue weighted by Crippen LogP contribution is -2.14. The van der Waals surface area contributed by atoms with Crippen molar-refractivity contribution < 1.29 is 23.1 Å². The number of hydrogen-bond acceptors (Lipinski definition) is 5. The first-order chi connectivity index (χ1) is 12.5. The van der Waals surface area contributed by atoms with Crippen LogP contribution in [0.1, 0.15) is 12.5 Å². The summed E-state index contributed by atoms with van der Waals surface area (Å²) in [6.07, 6.45) is 0.753. The van der Waals surface area contributed by atoms with Crippen molar-refractivity contribution in [3.63, 3.8) is 0 Å². The normalized spacial score (nSPS) is 11.9. The zero-order chi connectivity index (χ0) is 20.4. The van der Waals surface area contributed by atoms with E-state index in [-0.39, 0.29) is 31.2 Å². The number of hydrogen-bond donors (Lipinski definition) is 2. The molecule has 142 valence electrons. The van der Waals surface area contributed by atoms with E-state index in [0.29, 0.717) is 0 Å². The Bertz CT molecular complexity index is 1040. The Morgan fingerprint density at radius 3 is 2.22 bits per heavy atom.